The van der Waals surface area contributed by atoms with Gasteiger partial charge in [-0.15, -0.1) is 0 Å². The second-order valence-electron chi connectivity index (χ2n) is 4.84. The lowest BCUT2D eigenvalue weighted by Gasteiger charge is -2.25. The third kappa shape index (κ3) is 3.22. The number of hydrogen-bond acceptors (Lipinski definition) is 3. The molecule has 1 aliphatic rings. The first-order valence-corrected chi connectivity index (χ1v) is 6.75. The third-order valence-electron chi connectivity index (χ3n) is 2.71. The third-order valence-corrected chi connectivity index (χ3v) is 3.14. The number of rotatable bonds is 4. The molecule has 0 aromatic rings. The first-order valence-electron chi connectivity index (χ1n) is 5.84. The minimum Gasteiger partial charge on any atom is -0.447 e. The summed E-state index contributed by atoms with van der Waals surface area (Å²) in [5.74, 6) is 0.0229. The Morgan fingerprint density at radius 3 is 2.56 bits per heavy atom. The van der Waals surface area contributed by atoms with Crippen molar-refractivity contribution in [3.05, 3.63) is 22.3 Å². The number of amides is 1. The van der Waals surface area contributed by atoms with E-state index in [1.165, 1.54) is 16.0 Å². The van der Waals surface area contributed by atoms with Crippen LogP contribution in [0.25, 0.3) is 0 Å². The number of carbonyl (C=O) groups is 2. The summed E-state index contributed by atoms with van der Waals surface area (Å²) in [6, 6.07) is -0.101. The Kier molecular flexibility index (Phi) is 5.14. The van der Waals surface area contributed by atoms with E-state index in [4.69, 9.17) is 4.74 Å². The first kappa shape index (κ1) is 15.0. The fourth-order valence-corrected chi connectivity index (χ4v) is 2.21. The summed E-state index contributed by atoms with van der Waals surface area (Å²) in [7, 11) is 0. The van der Waals surface area contributed by atoms with Gasteiger partial charge in [-0.2, -0.15) is 0 Å². The lowest BCUT2D eigenvalue weighted by Crippen LogP contribution is -2.38. The SMILES string of the molecule is CC(C)=CC(=O)/C(=C/Br)N1C(=O)OC[C@@H]1C(C)C. The van der Waals surface area contributed by atoms with Crippen molar-refractivity contribution in [1.29, 1.82) is 0 Å². The van der Waals surface area contributed by atoms with Gasteiger partial charge in [-0.05, 0) is 25.8 Å². The van der Waals surface area contributed by atoms with Crippen LogP contribution in [0.3, 0.4) is 0 Å². The Morgan fingerprint density at radius 2 is 2.11 bits per heavy atom. The molecular weight excluding hydrogens is 298 g/mol. The van der Waals surface area contributed by atoms with Crippen LogP contribution in [-0.4, -0.2) is 29.4 Å². The fraction of sp³-hybridized carbons (Fsp3) is 0.538. The molecule has 0 radical (unpaired) electrons. The van der Waals surface area contributed by atoms with Gasteiger partial charge in [0.05, 0.1) is 6.04 Å². The number of halogens is 1. The summed E-state index contributed by atoms with van der Waals surface area (Å²) in [5.41, 5.74) is 1.21. The van der Waals surface area contributed by atoms with Gasteiger partial charge < -0.3 is 4.74 Å². The van der Waals surface area contributed by atoms with Gasteiger partial charge in [0, 0.05) is 4.99 Å². The number of ether oxygens (including phenoxy) is 1. The average molecular weight is 316 g/mol. The molecule has 0 unspecified atom stereocenters. The molecule has 1 heterocycles. The maximum atomic E-state index is 12.1. The van der Waals surface area contributed by atoms with E-state index < -0.39 is 6.09 Å². The molecule has 1 aliphatic heterocycles. The largest absolute Gasteiger partial charge is 0.447 e. The molecule has 0 aromatic carbocycles. The van der Waals surface area contributed by atoms with Gasteiger partial charge in [0.1, 0.15) is 12.3 Å². The van der Waals surface area contributed by atoms with E-state index in [1.807, 2.05) is 27.7 Å². The van der Waals surface area contributed by atoms with Gasteiger partial charge in [0.25, 0.3) is 0 Å². The van der Waals surface area contributed by atoms with Crippen molar-refractivity contribution in [2.45, 2.75) is 33.7 Å². The van der Waals surface area contributed by atoms with Crippen LogP contribution in [0.4, 0.5) is 4.79 Å². The van der Waals surface area contributed by atoms with Gasteiger partial charge in [0.15, 0.2) is 0 Å². The highest BCUT2D eigenvalue weighted by Crippen LogP contribution is 2.25. The van der Waals surface area contributed by atoms with E-state index in [-0.39, 0.29) is 17.7 Å². The second-order valence-corrected chi connectivity index (χ2v) is 5.30. The van der Waals surface area contributed by atoms with Crippen LogP contribution in [0.2, 0.25) is 0 Å². The Hall–Kier alpha value is -1.10. The lowest BCUT2D eigenvalue weighted by atomic mass is 10.0. The Labute approximate surface area is 116 Å². The molecule has 18 heavy (non-hydrogen) atoms. The van der Waals surface area contributed by atoms with Crippen molar-refractivity contribution in [3.63, 3.8) is 0 Å². The van der Waals surface area contributed by atoms with Gasteiger partial charge in [0.2, 0.25) is 5.78 Å². The highest BCUT2D eigenvalue weighted by atomic mass is 79.9. The van der Waals surface area contributed by atoms with E-state index in [0.29, 0.717) is 12.3 Å². The zero-order valence-corrected chi connectivity index (χ0v) is 12.7. The molecule has 1 atom stereocenters. The van der Waals surface area contributed by atoms with Crippen molar-refractivity contribution in [2.75, 3.05) is 6.61 Å². The highest BCUT2D eigenvalue weighted by molar-refractivity contribution is 9.11. The maximum Gasteiger partial charge on any atom is 0.414 e. The molecule has 0 aromatic heterocycles. The smallest absolute Gasteiger partial charge is 0.414 e. The number of hydrogen-bond donors (Lipinski definition) is 0. The summed E-state index contributed by atoms with van der Waals surface area (Å²) in [6.07, 6.45) is 1.05. The summed E-state index contributed by atoms with van der Waals surface area (Å²) < 4.78 is 5.03. The standard InChI is InChI=1S/C13H18BrNO3/c1-8(2)5-12(16)10(6-14)15-11(9(3)4)7-18-13(15)17/h5-6,9,11H,7H2,1-4H3/b10-6-/t11-/m1/s1. The minimum atomic E-state index is -0.463. The van der Waals surface area contributed by atoms with Crippen LogP contribution in [-0.2, 0) is 9.53 Å². The van der Waals surface area contributed by atoms with Crippen molar-refractivity contribution < 1.29 is 14.3 Å². The highest BCUT2D eigenvalue weighted by Gasteiger charge is 2.38. The van der Waals surface area contributed by atoms with Crippen LogP contribution >= 0.6 is 15.9 Å². The molecule has 0 aliphatic carbocycles. The number of allylic oxidation sites excluding steroid dienone is 2. The monoisotopic (exact) mass is 315 g/mol. The zero-order valence-electron chi connectivity index (χ0n) is 11.1. The molecule has 0 saturated carbocycles. The minimum absolute atomic E-state index is 0.101. The molecule has 100 valence electrons. The lowest BCUT2D eigenvalue weighted by molar-refractivity contribution is -0.112. The van der Waals surface area contributed by atoms with Gasteiger partial charge in [-0.3, -0.25) is 9.69 Å². The molecule has 1 amide bonds. The molecule has 4 nitrogen and oxygen atoms in total. The van der Waals surface area contributed by atoms with E-state index in [9.17, 15) is 9.59 Å². The fourth-order valence-electron chi connectivity index (χ4n) is 1.76. The molecule has 0 bridgehead atoms. The predicted octanol–water partition coefficient (Wildman–Crippen LogP) is 3.23. The predicted molar refractivity (Wildman–Crippen MR) is 73.3 cm³/mol. The molecule has 0 N–H and O–H groups in total. The van der Waals surface area contributed by atoms with Crippen molar-refractivity contribution in [1.82, 2.24) is 4.90 Å². The van der Waals surface area contributed by atoms with Crippen molar-refractivity contribution in [3.8, 4) is 0 Å². The summed E-state index contributed by atoms with van der Waals surface area (Å²) >= 11 is 3.16. The van der Waals surface area contributed by atoms with E-state index >= 15 is 0 Å². The maximum absolute atomic E-state index is 12.1. The topological polar surface area (TPSA) is 46.6 Å². The second kappa shape index (κ2) is 6.18. The van der Waals surface area contributed by atoms with Crippen LogP contribution in [0.5, 0.6) is 0 Å². The number of ketones is 1. The van der Waals surface area contributed by atoms with Crippen LogP contribution in [0, 0.1) is 5.92 Å². The molecular formula is C13H18BrNO3. The summed E-state index contributed by atoms with van der Waals surface area (Å²) in [4.78, 5) is 26.7. The van der Waals surface area contributed by atoms with E-state index in [2.05, 4.69) is 15.9 Å². The van der Waals surface area contributed by atoms with E-state index in [0.717, 1.165) is 5.57 Å². The Bertz CT molecular complexity index is 408. The molecule has 0 spiro atoms. The number of nitrogens with zero attached hydrogens (tertiary/aromatic N) is 1. The molecule has 5 heteroatoms. The van der Waals surface area contributed by atoms with E-state index in [1.54, 1.807) is 0 Å². The Morgan fingerprint density at radius 1 is 1.50 bits per heavy atom. The number of carbonyl (C=O) groups excluding carboxylic acids is 2. The Balaban J connectivity index is 3.04. The van der Waals surface area contributed by atoms with Gasteiger partial charge in [-0.25, -0.2) is 4.79 Å². The van der Waals surface area contributed by atoms with Crippen LogP contribution in [0.1, 0.15) is 27.7 Å². The van der Waals surface area contributed by atoms with Crippen LogP contribution in [0.15, 0.2) is 22.3 Å². The zero-order chi connectivity index (χ0) is 13.9. The molecule has 1 saturated heterocycles. The summed E-state index contributed by atoms with van der Waals surface area (Å²) in [5, 5.41) is 0. The van der Waals surface area contributed by atoms with Gasteiger partial charge >= 0.3 is 6.09 Å². The summed E-state index contributed by atoms with van der Waals surface area (Å²) in [6.45, 7) is 7.99. The first-order chi connectivity index (χ1) is 8.38. The van der Waals surface area contributed by atoms with Crippen molar-refractivity contribution in [2.24, 2.45) is 5.92 Å². The van der Waals surface area contributed by atoms with Gasteiger partial charge in [-0.1, -0.05) is 35.4 Å². The molecule has 1 fully saturated rings. The normalized spacial score (nSPS) is 20.1. The average Bonchev–Trinajstić information content (AvgIpc) is 2.61. The van der Waals surface area contributed by atoms with Crippen LogP contribution < -0.4 is 0 Å². The van der Waals surface area contributed by atoms with Crippen molar-refractivity contribution >= 4 is 27.8 Å². The quantitative estimate of drug-likeness (QED) is 0.748. The number of cyclic esters (lactones) is 1. The molecule has 1 rings (SSSR count).